The molecule has 1 heterocycles. The smallest absolute Gasteiger partial charge is 0.408 e. The fourth-order valence-corrected chi connectivity index (χ4v) is 3.04. The summed E-state index contributed by atoms with van der Waals surface area (Å²) < 4.78 is 63.0. The number of nitrogens with one attached hydrogen (secondary N) is 1. The van der Waals surface area contributed by atoms with Crippen molar-refractivity contribution in [3.8, 4) is 0 Å². The lowest BCUT2D eigenvalue weighted by atomic mass is 10.1. The third-order valence-corrected chi connectivity index (χ3v) is 4.46. The summed E-state index contributed by atoms with van der Waals surface area (Å²) in [5.41, 5.74) is 0. The van der Waals surface area contributed by atoms with Crippen LogP contribution in [-0.4, -0.2) is 41.5 Å². The summed E-state index contributed by atoms with van der Waals surface area (Å²) in [5.74, 6) is -1.17. The van der Waals surface area contributed by atoms with Gasteiger partial charge < -0.3 is 5.11 Å². The van der Waals surface area contributed by atoms with Crippen molar-refractivity contribution in [1.82, 2.24) is 14.5 Å². The van der Waals surface area contributed by atoms with Gasteiger partial charge in [-0.2, -0.15) is 23.0 Å². The SMILES string of the molecule is O=C(O)C(CC1CC1)NS(=O)(=O)c1ccn(CC(F)(F)F)n1. The van der Waals surface area contributed by atoms with Gasteiger partial charge >= 0.3 is 12.1 Å². The lowest BCUT2D eigenvalue weighted by molar-refractivity contribution is -0.142. The van der Waals surface area contributed by atoms with Gasteiger partial charge in [0, 0.05) is 6.20 Å². The van der Waals surface area contributed by atoms with E-state index in [2.05, 4.69) is 5.10 Å². The average Bonchev–Trinajstić information content (AvgIpc) is 3.03. The van der Waals surface area contributed by atoms with E-state index >= 15 is 0 Å². The Kier molecular flexibility index (Phi) is 4.47. The summed E-state index contributed by atoms with van der Waals surface area (Å²) in [6.07, 6.45) is -1.83. The van der Waals surface area contributed by atoms with E-state index in [4.69, 9.17) is 5.11 Å². The molecule has 1 aromatic rings. The molecule has 2 rings (SSSR count). The zero-order valence-electron chi connectivity index (χ0n) is 11.2. The molecule has 0 radical (unpaired) electrons. The first kappa shape index (κ1) is 16.7. The number of rotatable bonds is 7. The normalized spacial score (nSPS) is 17.4. The van der Waals surface area contributed by atoms with Gasteiger partial charge in [0.15, 0.2) is 5.03 Å². The lowest BCUT2D eigenvalue weighted by Crippen LogP contribution is -2.41. The van der Waals surface area contributed by atoms with Crippen molar-refractivity contribution in [2.45, 2.75) is 43.1 Å². The maximum atomic E-state index is 12.2. The molecular formula is C11H14F3N3O4S. The summed E-state index contributed by atoms with van der Waals surface area (Å²) >= 11 is 0. The highest BCUT2D eigenvalue weighted by Crippen LogP contribution is 2.33. The molecule has 0 aliphatic heterocycles. The van der Waals surface area contributed by atoms with Gasteiger partial charge in [0.05, 0.1) is 0 Å². The zero-order valence-corrected chi connectivity index (χ0v) is 12.1. The number of carbonyl (C=O) groups is 1. The largest absolute Gasteiger partial charge is 0.480 e. The van der Waals surface area contributed by atoms with E-state index in [-0.39, 0.29) is 12.3 Å². The van der Waals surface area contributed by atoms with Crippen molar-refractivity contribution < 1.29 is 31.5 Å². The Balaban J connectivity index is 2.10. The highest BCUT2D eigenvalue weighted by atomic mass is 32.2. The third kappa shape index (κ3) is 4.70. The second-order valence-electron chi connectivity index (χ2n) is 5.16. The molecule has 1 unspecified atom stereocenters. The van der Waals surface area contributed by atoms with Gasteiger partial charge in [0.25, 0.3) is 10.0 Å². The quantitative estimate of drug-likeness (QED) is 0.770. The molecule has 0 aromatic carbocycles. The molecule has 7 nitrogen and oxygen atoms in total. The topological polar surface area (TPSA) is 101 Å². The maximum Gasteiger partial charge on any atom is 0.408 e. The third-order valence-electron chi connectivity index (χ3n) is 3.09. The molecule has 1 atom stereocenters. The minimum absolute atomic E-state index is 0.151. The van der Waals surface area contributed by atoms with E-state index in [1.807, 2.05) is 4.72 Å². The van der Waals surface area contributed by atoms with E-state index in [1.165, 1.54) is 0 Å². The average molecular weight is 341 g/mol. The van der Waals surface area contributed by atoms with Crippen LogP contribution in [0.2, 0.25) is 0 Å². The van der Waals surface area contributed by atoms with Crippen molar-refractivity contribution in [3.05, 3.63) is 12.3 Å². The maximum absolute atomic E-state index is 12.2. The number of sulfonamides is 1. The van der Waals surface area contributed by atoms with E-state index in [9.17, 15) is 26.4 Å². The molecule has 1 saturated carbocycles. The predicted molar refractivity (Wildman–Crippen MR) is 67.4 cm³/mol. The molecule has 1 aliphatic carbocycles. The molecule has 0 spiro atoms. The van der Waals surface area contributed by atoms with Crippen molar-refractivity contribution in [1.29, 1.82) is 0 Å². The summed E-state index contributed by atoms with van der Waals surface area (Å²) in [6, 6.07) is -0.422. The minimum Gasteiger partial charge on any atom is -0.480 e. The lowest BCUT2D eigenvalue weighted by Gasteiger charge is -2.13. The Morgan fingerprint density at radius 1 is 1.50 bits per heavy atom. The number of carboxylic acids is 1. The van der Waals surface area contributed by atoms with E-state index in [1.54, 1.807) is 0 Å². The number of aromatic nitrogens is 2. The molecule has 2 N–H and O–H groups in total. The molecule has 0 bridgehead atoms. The van der Waals surface area contributed by atoms with Gasteiger partial charge in [0.2, 0.25) is 0 Å². The number of halogens is 3. The first-order chi connectivity index (χ1) is 10.1. The van der Waals surface area contributed by atoms with Crippen LogP contribution in [0.5, 0.6) is 0 Å². The Labute approximate surface area is 124 Å². The Morgan fingerprint density at radius 3 is 2.64 bits per heavy atom. The van der Waals surface area contributed by atoms with Crippen molar-refractivity contribution in [2.24, 2.45) is 5.92 Å². The second kappa shape index (κ2) is 5.88. The van der Waals surface area contributed by atoms with E-state index in [0.29, 0.717) is 4.68 Å². The zero-order chi connectivity index (χ0) is 16.5. The van der Waals surface area contributed by atoms with Crippen LogP contribution >= 0.6 is 0 Å². The van der Waals surface area contributed by atoms with Crippen molar-refractivity contribution >= 4 is 16.0 Å². The minimum atomic E-state index is -4.53. The molecule has 1 fully saturated rings. The standard InChI is InChI=1S/C11H14F3N3O4S/c12-11(13,14)6-17-4-3-9(15-17)22(20,21)16-8(10(18)19)5-7-1-2-7/h3-4,7-8,16H,1-2,5-6H2,(H,18,19). The molecule has 1 aliphatic rings. The van der Waals surface area contributed by atoms with E-state index < -0.39 is 39.8 Å². The molecule has 124 valence electrons. The number of alkyl halides is 3. The fraction of sp³-hybridized carbons (Fsp3) is 0.636. The number of hydrogen-bond donors (Lipinski definition) is 2. The molecular weight excluding hydrogens is 327 g/mol. The Hall–Kier alpha value is -1.62. The molecule has 11 heteroatoms. The Bertz CT molecular complexity index is 652. The summed E-state index contributed by atoms with van der Waals surface area (Å²) in [6.45, 7) is -1.42. The summed E-state index contributed by atoms with van der Waals surface area (Å²) in [7, 11) is -4.29. The highest BCUT2D eigenvalue weighted by molar-refractivity contribution is 7.89. The molecule has 0 saturated heterocycles. The predicted octanol–water partition coefficient (Wildman–Crippen LogP) is 0.977. The van der Waals surface area contributed by atoms with Crippen LogP contribution in [0.1, 0.15) is 19.3 Å². The Morgan fingerprint density at radius 2 is 2.14 bits per heavy atom. The summed E-state index contributed by atoms with van der Waals surface area (Å²) in [5, 5.41) is 11.7. The van der Waals surface area contributed by atoms with E-state index in [0.717, 1.165) is 25.1 Å². The van der Waals surface area contributed by atoms with Gasteiger partial charge in [0.1, 0.15) is 12.6 Å². The number of hydrogen-bond acceptors (Lipinski definition) is 4. The fourth-order valence-electron chi connectivity index (χ4n) is 1.89. The van der Waals surface area contributed by atoms with Gasteiger partial charge in [-0.05, 0) is 18.4 Å². The highest BCUT2D eigenvalue weighted by Gasteiger charge is 2.34. The van der Waals surface area contributed by atoms with Crippen LogP contribution in [0, 0.1) is 5.92 Å². The first-order valence-electron chi connectivity index (χ1n) is 6.42. The van der Waals surface area contributed by atoms with Gasteiger partial charge in [-0.25, -0.2) is 8.42 Å². The van der Waals surface area contributed by atoms with Gasteiger partial charge in [-0.15, -0.1) is 0 Å². The summed E-state index contributed by atoms with van der Waals surface area (Å²) in [4.78, 5) is 11.1. The second-order valence-corrected chi connectivity index (χ2v) is 6.82. The number of nitrogens with zero attached hydrogens (tertiary/aromatic N) is 2. The molecule has 0 amide bonds. The number of carboxylic acid groups (broad SMARTS) is 1. The van der Waals surface area contributed by atoms with Crippen LogP contribution in [0.4, 0.5) is 13.2 Å². The first-order valence-corrected chi connectivity index (χ1v) is 7.90. The van der Waals surface area contributed by atoms with Gasteiger partial charge in [-0.3, -0.25) is 9.48 Å². The van der Waals surface area contributed by atoms with Crippen molar-refractivity contribution in [2.75, 3.05) is 0 Å². The van der Waals surface area contributed by atoms with Gasteiger partial charge in [-0.1, -0.05) is 12.8 Å². The van der Waals surface area contributed by atoms with Crippen LogP contribution in [0.3, 0.4) is 0 Å². The molecule has 22 heavy (non-hydrogen) atoms. The van der Waals surface area contributed by atoms with Crippen molar-refractivity contribution in [3.63, 3.8) is 0 Å². The van der Waals surface area contributed by atoms with Crippen LogP contribution in [0.25, 0.3) is 0 Å². The van der Waals surface area contributed by atoms with Crippen LogP contribution < -0.4 is 4.72 Å². The number of aliphatic carboxylic acids is 1. The monoisotopic (exact) mass is 341 g/mol. The van der Waals surface area contributed by atoms with Crippen LogP contribution in [-0.2, 0) is 21.4 Å². The van der Waals surface area contributed by atoms with Crippen LogP contribution in [0.15, 0.2) is 17.3 Å². The molecule has 1 aromatic heterocycles.